The first-order chi connectivity index (χ1) is 4.40. The molecule has 2 bridgehead atoms. The van der Waals surface area contributed by atoms with E-state index < -0.39 is 0 Å². The van der Waals surface area contributed by atoms with Crippen molar-refractivity contribution in [3.05, 3.63) is 0 Å². The molecule has 1 unspecified atom stereocenters. The summed E-state index contributed by atoms with van der Waals surface area (Å²) in [4.78, 5) is 2.32. The van der Waals surface area contributed by atoms with Crippen LogP contribution in [0.4, 0.5) is 0 Å². The van der Waals surface area contributed by atoms with E-state index in [0.717, 1.165) is 18.8 Å². The van der Waals surface area contributed by atoms with E-state index >= 15 is 0 Å². The van der Waals surface area contributed by atoms with Crippen LogP contribution in [0.1, 0.15) is 6.42 Å². The van der Waals surface area contributed by atoms with Gasteiger partial charge in [-0.2, -0.15) is 0 Å². The van der Waals surface area contributed by atoms with Gasteiger partial charge in [-0.1, -0.05) is 5.16 Å². The van der Waals surface area contributed by atoms with Gasteiger partial charge >= 0.3 is 0 Å². The van der Waals surface area contributed by atoms with E-state index in [1.807, 2.05) is 0 Å². The zero-order chi connectivity index (χ0) is 6.27. The van der Waals surface area contributed by atoms with Crippen molar-refractivity contribution in [2.75, 3.05) is 19.6 Å². The number of oxime groups is 1. The SMILES string of the molecule is O/N=C1\CN2CC[C@H]1C2. The molecule has 3 heteroatoms. The van der Waals surface area contributed by atoms with Gasteiger partial charge in [-0.25, -0.2) is 0 Å². The number of piperidine rings is 1. The maximum absolute atomic E-state index is 8.45. The molecule has 1 N–H and O–H groups in total. The highest BCUT2D eigenvalue weighted by molar-refractivity contribution is 5.90. The monoisotopic (exact) mass is 126 g/mol. The fourth-order valence-corrected chi connectivity index (χ4v) is 1.72. The zero-order valence-electron chi connectivity index (χ0n) is 5.25. The summed E-state index contributed by atoms with van der Waals surface area (Å²) in [7, 11) is 0. The predicted octanol–water partition coefficient (Wildman–Crippen LogP) is 0.152. The molecule has 2 fully saturated rings. The van der Waals surface area contributed by atoms with Crippen LogP contribution in [0, 0.1) is 5.92 Å². The first-order valence-electron chi connectivity index (χ1n) is 3.33. The van der Waals surface area contributed by atoms with Crippen molar-refractivity contribution < 1.29 is 5.21 Å². The normalized spacial score (nSPS) is 44.7. The fraction of sp³-hybridized carbons (Fsp3) is 0.833. The van der Waals surface area contributed by atoms with Crippen molar-refractivity contribution >= 4 is 5.71 Å². The minimum atomic E-state index is 0.579. The third-order valence-corrected chi connectivity index (χ3v) is 2.26. The summed E-state index contributed by atoms with van der Waals surface area (Å²) in [6, 6.07) is 0. The van der Waals surface area contributed by atoms with Crippen LogP contribution in [-0.4, -0.2) is 35.5 Å². The highest BCUT2D eigenvalue weighted by Gasteiger charge is 2.34. The second kappa shape index (κ2) is 1.70. The van der Waals surface area contributed by atoms with Gasteiger partial charge in [0.2, 0.25) is 0 Å². The Morgan fingerprint density at radius 2 is 2.56 bits per heavy atom. The summed E-state index contributed by atoms with van der Waals surface area (Å²) in [5, 5.41) is 11.7. The minimum Gasteiger partial charge on any atom is -0.411 e. The lowest BCUT2D eigenvalue weighted by Crippen LogP contribution is -2.23. The molecule has 3 nitrogen and oxygen atoms in total. The van der Waals surface area contributed by atoms with Crippen molar-refractivity contribution in [1.29, 1.82) is 0 Å². The van der Waals surface area contributed by atoms with Crippen LogP contribution >= 0.6 is 0 Å². The molecule has 2 saturated heterocycles. The Hall–Kier alpha value is -0.570. The van der Waals surface area contributed by atoms with Gasteiger partial charge in [0, 0.05) is 19.0 Å². The largest absolute Gasteiger partial charge is 0.411 e. The highest BCUT2D eigenvalue weighted by Crippen LogP contribution is 2.24. The second-order valence-corrected chi connectivity index (χ2v) is 2.81. The van der Waals surface area contributed by atoms with Gasteiger partial charge < -0.3 is 5.21 Å². The van der Waals surface area contributed by atoms with Gasteiger partial charge in [0.05, 0.1) is 5.71 Å². The average molecular weight is 126 g/mol. The molecular weight excluding hydrogens is 116 g/mol. The summed E-state index contributed by atoms with van der Waals surface area (Å²) in [6.07, 6.45) is 1.19. The van der Waals surface area contributed by atoms with E-state index in [9.17, 15) is 0 Å². The Kier molecular flexibility index (Phi) is 0.990. The third kappa shape index (κ3) is 0.645. The summed E-state index contributed by atoms with van der Waals surface area (Å²) >= 11 is 0. The zero-order valence-corrected chi connectivity index (χ0v) is 5.25. The molecule has 2 heterocycles. The highest BCUT2D eigenvalue weighted by atomic mass is 16.4. The number of rotatable bonds is 0. The molecule has 2 aliphatic rings. The summed E-state index contributed by atoms with van der Waals surface area (Å²) in [5.74, 6) is 0.579. The number of hydrogen-bond acceptors (Lipinski definition) is 3. The lowest BCUT2D eigenvalue weighted by molar-refractivity contribution is 0.312. The topological polar surface area (TPSA) is 35.8 Å². The van der Waals surface area contributed by atoms with Gasteiger partial charge in [-0.05, 0) is 13.0 Å². The van der Waals surface area contributed by atoms with Crippen molar-refractivity contribution in [2.45, 2.75) is 6.42 Å². The van der Waals surface area contributed by atoms with Crippen LogP contribution in [0.5, 0.6) is 0 Å². The molecule has 50 valence electrons. The van der Waals surface area contributed by atoms with Gasteiger partial charge in [0.1, 0.15) is 0 Å². The standard InChI is InChI=1S/C6H10N2O/c9-7-6-4-8-2-1-5(6)3-8/h5,9H,1-4H2/b7-6+/t5-/m0/s1. The molecule has 2 atom stereocenters. The Balaban J connectivity index is 2.18. The van der Waals surface area contributed by atoms with Crippen LogP contribution in [0.15, 0.2) is 5.16 Å². The molecule has 0 aromatic rings. The fourth-order valence-electron chi connectivity index (χ4n) is 1.72. The van der Waals surface area contributed by atoms with Crippen LogP contribution in [0.2, 0.25) is 0 Å². The number of fused-ring (bicyclic) bond motifs is 2. The van der Waals surface area contributed by atoms with Gasteiger partial charge in [-0.3, -0.25) is 4.90 Å². The minimum absolute atomic E-state index is 0.579. The molecule has 2 rings (SSSR count). The van der Waals surface area contributed by atoms with Gasteiger partial charge in [-0.15, -0.1) is 0 Å². The molecule has 0 amide bonds. The third-order valence-electron chi connectivity index (χ3n) is 2.26. The number of hydrogen-bond donors (Lipinski definition) is 1. The molecule has 9 heavy (non-hydrogen) atoms. The average Bonchev–Trinajstić information content (AvgIpc) is 2.45. The van der Waals surface area contributed by atoms with Crippen molar-refractivity contribution in [2.24, 2.45) is 11.1 Å². The molecule has 0 aromatic heterocycles. The predicted molar refractivity (Wildman–Crippen MR) is 33.8 cm³/mol. The van der Waals surface area contributed by atoms with E-state index in [-0.39, 0.29) is 0 Å². The van der Waals surface area contributed by atoms with Crippen molar-refractivity contribution in [1.82, 2.24) is 4.90 Å². The quantitative estimate of drug-likeness (QED) is 0.370. The van der Waals surface area contributed by atoms with E-state index in [0.29, 0.717) is 5.92 Å². The van der Waals surface area contributed by atoms with E-state index in [4.69, 9.17) is 5.21 Å². The van der Waals surface area contributed by atoms with E-state index in [1.54, 1.807) is 0 Å². The Morgan fingerprint density at radius 3 is 2.89 bits per heavy atom. The molecular formula is C6H10N2O. The van der Waals surface area contributed by atoms with Gasteiger partial charge in [0.15, 0.2) is 0 Å². The van der Waals surface area contributed by atoms with Crippen LogP contribution in [-0.2, 0) is 0 Å². The summed E-state index contributed by atoms with van der Waals surface area (Å²) in [6.45, 7) is 3.23. The molecule has 0 radical (unpaired) electrons. The molecule has 0 aromatic carbocycles. The summed E-state index contributed by atoms with van der Waals surface area (Å²) < 4.78 is 0. The Bertz CT molecular complexity index is 155. The van der Waals surface area contributed by atoms with Crippen LogP contribution in [0.25, 0.3) is 0 Å². The lowest BCUT2D eigenvalue weighted by atomic mass is 10.0. The van der Waals surface area contributed by atoms with Crippen molar-refractivity contribution in [3.8, 4) is 0 Å². The first-order valence-corrected chi connectivity index (χ1v) is 3.33. The van der Waals surface area contributed by atoms with Crippen LogP contribution < -0.4 is 0 Å². The molecule has 2 aliphatic heterocycles. The van der Waals surface area contributed by atoms with Gasteiger partial charge in [0.25, 0.3) is 0 Å². The van der Waals surface area contributed by atoms with E-state index in [2.05, 4.69) is 10.1 Å². The van der Waals surface area contributed by atoms with Crippen molar-refractivity contribution in [3.63, 3.8) is 0 Å². The molecule has 0 saturated carbocycles. The van der Waals surface area contributed by atoms with Crippen LogP contribution in [0.3, 0.4) is 0 Å². The Morgan fingerprint density at radius 1 is 1.67 bits per heavy atom. The molecule has 0 spiro atoms. The first kappa shape index (κ1) is 5.23. The lowest BCUT2D eigenvalue weighted by Gasteiger charge is -2.10. The molecule has 0 aliphatic carbocycles. The van der Waals surface area contributed by atoms with E-state index in [1.165, 1.54) is 13.0 Å². The Labute approximate surface area is 54.0 Å². The number of nitrogens with zero attached hydrogens (tertiary/aromatic N) is 2. The maximum Gasteiger partial charge on any atom is 0.0754 e. The summed E-state index contributed by atoms with van der Waals surface area (Å²) in [5.41, 5.74) is 0.987. The maximum atomic E-state index is 8.45. The second-order valence-electron chi connectivity index (χ2n) is 2.81. The smallest absolute Gasteiger partial charge is 0.0754 e.